The Kier molecular flexibility index (Phi) is 7.82. The van der Waals surface area contributed by atoms with Crippen LogP contribution in [0.4, 0.5) is 0 Å². The standard InChI is InChI=1S/C58H54/c1-55(2,3)45-21-17-40-29-38(15-16-41(40)30-45)35-11-12-37-28-39(14-13-36(37)27-35)42-18-23-47-48-24-19-43(32-52(48)57(7,8)51(47)31-42)44-20-25-49-50-26-22-46(56(4,5)6)34-54(50)58(9,10)53(49)33-44/h11-34H,1-10H3. The predicted molar refractivity (Wildman–Crippen MR) is 250 cm³/mol. The van der Waals surface area contributed by atoms with Gasteiger partial charge in [-0.1, -0.05) is 178 Å². The summed E-state index contributed by atoms with van der Waals surface area (Å²) in [6, 6.07) is 56.2. The summed E-state index contributed by atoms with van der Waals surface area (Å²) in [6.07, 6.45) is 0. The molecule has 0 N–H and O–H groups in total. The smallest absolute Gasteiger partial charge is 0.0159 e. The maximum absolute atomic E-state index is 2.47. The van der Waals surface area contributed by atoms with Crippen molar-refractivity contribution in [3.63, 3.8) is 0 Å². The first-order chi connectivity index (χ1) is 27.5. The minimum atomic E-state index is -0.119. The normalized spacial score (nSPS) is 15.0. The molecule has 0 aromatic heterocycles. The third-order valence-electron chi connectivity index (χ3n) is 13.8. The molecule has 2 aliphatic rings. The predicted octanol–water partition coefficient (Wildman–Crippen LogP) is 16.2. The van der Waals surface area contributed by atoms with Gasteiger partial charge in [-0.05, 0) is 158 Å². The van der Waals surface area contributed by atoms with Crippen molar-refractivity contribution >= 4 is 21.5 Å². The van der Waals surface area contributed by atoms with Gasteiger partial charge in [0.15, 0.2) is 0 Å². The lowest BCUT2D eigenvalue weighted by molar-refractivity contribution is 0.584. The minimum Gasteiger partial charge on any atom is -0.0579 e. The lowest BCUT2D eigenvalue weighted by Gasteiger charge is -2.25. The topological polar surface area (TPSA) is 0 Å². The highest BCUT2D eigenvalue weighted by atomic mass is 14.4. The van der Waals surface area contributed by atoms with Crippen LogP contribution in [0.2, 0.25) is 0 Å². The van der Waals surface area contributed by atoms with E-state index in [9.17, 15) is 0 Å². The fourth-order valence-corrected chi connectivity index (χ4v) is 9.98. The Morgan fingerprint density at radius 1 is 0.276 bits per heavy atom. The summed E-state index contributed by atoms with van der Waals surface area (Å²) in [5, 5.41) is 5.11. The van der Waals surface area contributed by atoms with Gasteiger partial charge >= 0.3 is 0 Å². The van der Waals surface area contributed by atoms with Gasteiger partial charge in [-0.3, -0.25) is 0 Å². The van der Waals surface area contributed by atoms with Crippen LogP contribution in [-0.2, 0) is 21.7 Å². The van der Waals surface area contributed by atoms with E-state index in [1.54, 1.807) is 0 Å². The van der Waals surface area contributed by atoms with Gasteiger partial charge in [0, 0.05) is 10.8 Å². The molecule has 0 bridgehead atoms. The molecule has 0 spiro atoms. The van der Waals surface area contributed by atoms with Gasteiger partial charge in [0.05, 0.1) is 0 Å². The first kappa shape index (κ1) is 36.6. The molecule has 0 amide bonds. The Bertz CT molecular complexity index is 3000. The molecule has 8 aromatic rings. The molecule has 0 heterocycles. The summed E-state index contributed by atoms with van der Waals surface area (Å²) in [4.78, 5) is 0. The zero-order valence-corrected chi connectivity index (χ0v) is 35.9. The van der Waals surface area contributed by atoms with Crippen LogP contribution < -0.4 is 0 Å². The number of fused-ring (bicyclic) bond motifs is 8. The monoisotopic (exact) mass is 750 g/mol. The largest absolute Gasteiger partial charge is 0.0579 e. The van der Waals surface area contributed by atoms with Crippen molar-refractivity contribution in [2.24, 2.45) is 0 Å². The van der Waals surface area contributed by atoms with Gasteiger partial charge in [0.25, 0.3) is 0 Å². The van der Waals surface area contributed by atoms with Gasteiger partial charge < -0.3 is 0 Å². The van der Waals surface area contributed by atoms with Crippen LogP contribution in [0.3, 0.4) is 0 Å². The lowest BCUT2D eigenvalue weighted by Crippen LogP contribution is -2.17. The summed E-state index contributed by atoms with van der Waals surface area (Å²) in [7, 11) is 0. The SMILES string of the molecule is CC(C)(C)c1ccc2c(c1)C(C)(C)c1cc(-c3ccc4c(c3)C(C)(C)c3cc(-c5ccc6cc(-c7ccc8cc(C(C)(C)C)ccc8c7)ccc6c5)ccc3-4)ccc1-2. The van der Waals surface area contributed by atoms with Crippen molar-refractivity contribution in [1.82, 2.24) is 0 Å². The molecule has 0 saturated carbocycles. The Morgan fingerprint density at radius 2 is 0.534 bits per heavy atom. The molecule has 10 rings (SSSR count). The van der Waals surface area contributed by atoms with E-state index in [2.05, 4.69) is 215 Å². The third-order valence-corrected chi connectivity index (χ3v) is 13.8. The van der Waals surface area contributed by atoms with Gasteiger partial charge in [-0.15, -0.1) is 0 Å². The van der Waals surface area contributed by atoms with Crippen molar-refractivity contribution in [3.05, 3.63) is 179 Å². The van der Waals surface area contributed by atoms with Gasteiger partial charge in [0.1, 0.15) is 0 Å². The van der Waals surface area contributed by atoms with Crippen molar-refractivity contribution in [1.29, 1.82) is 0 Å². The van der Waals surface area contributed by atoms with Crippen molar-refractivity contribution in [2.75, 3.05) is 0 Å². The summed E-state index contributed by atoms with van der Waals surface area (Å²) < 4.78 is 0. The zero-order chi connectivity index (χ0) is 40.5. The van der Waals surface area contributed by atoms with Crippen LogP contribution in [-0.4, -0.2) is 0 Å². The molecular weight excluding hydrogens is 697 g/mol. The van der Waals surface area contributed by atoms with Crippen molar-refractivity contribution in [3.8, 4) is 55.6 Å². The summed E-state index contributed by atoms with van der Waals surface area (Å²) in [5.41, 5.74) is 21.6. The van der Waals surface area contributed by atoms with E-state index in [1.807, 2.05) is 0 Å². The summed E-state index contributed by atoms with van der Waals surface area (Å²) >= 11 is 0. The molecule has 0 atom stereocenters. The van der Waals surface area contributed by atoms with Gasteiger partial charge in [-0.25, -0.2) is 0 Å². The second-order valence-electron chi connectivity index (χ2n) is 20.3. The molecular formula is C58H54. The molecule has 0 aliphatic heterocycles. The molecule has 0 radical (unpaired) electrons. The molecule has 0 fully saturated rings. The maximum atomic E-state index is 2.47. The first-order valence-corrected chi connectivity index (χ1v) is 21.2. The summed E-state index contributed by atoms with van der Waals surface area (Å²) in [6.45, 7) is 23.4. The molecule has 0 heteroatoms. The first-order valence-electron chi connectivity index (χ1n) is 21.2. The van der Waals surface area contributed by atoms with Crippen LogP contribution in [0.5, 0.6) is 0 Å². The van der Waals surface area contributed by atoms with E-state index in [1.165, 1.54) is 111 Å². The van der Waals surface area contributed by atoms with Gasteiger partial charge in [-0.2, -0.15) is 0 Å². The number of benzene rings is 8. The number of hydrogen-bond donors (Lipinski definition) is 0. The van der Waals surface area contributed by atoms with Crippen molar-refractivity contribution in [2.45, 2.75) is 90.9 Å². The average molecular weight is 751 g/mol. The van der Waals surface area contributed by atoms with E-state index >= 15 is 0 Å². The van der Waals surface area contributed by atoms with E-state index < -0.39 is 0 Å². The highest BCUT2D eigenvalue weighted by Gasteiger charge is 2.38. The van der Waals surface area contributed by atoms with E-state index in [0.717, 1.165) is 0 Å². The number of rotatable bonds is 3. The molecule has 0 unspecified atom stereocenters. The van der Waals surface area contributed by atoms with E-state index in [0.29, 0.717) is 0 Å². The highest BCUT2D eigenvalue weighted by Crippen LogP contribution is 2.53. The second-order valence-corrected chi connectivity index (χ2v) is 20.3. The zero-order valence-electron chi connectivity index (χ0n) is 35.9. The van der Waals surface area contributed by atoms with Gasteiger partial charge in [0.2, 0.25) is 0 Å². The Labute approximate surface area is 345 Å². The molecule has 2 aliphatic carbocycles. The molecule has 0 nitrogen and oxygen atoms in total. The van der Waals surface area contributed by atoms with Crippen LogP contribution in [0, 0.1) is 0 Å². The Hall–Kier alpha value is -5.72. The Balaban J connectivity index is 0.939. The molecule has 286 valence electrons. The average Bonchev–Trinajstić information content (AvgIpc) is 3.57. The summed E-state index contributed by atoms with van der Waals surface area (Å²) in [5.74, 6) is 0. The van der Waals surface area contributed by atoms with Crippen LogP contribution in [0.15, 0.2) is 146 Å². The van der Waals surface area contributed by atoms with Crippen LogP contribution >= 0.6 is 0 Å². The fraction of sp³-hybridized carbons (Fsp3) is 0.241. The quantitative estimate of drug-likeness (QED) is 0.169. The molecule has 58 heavy (non-hydrogen) atoms. The van der Waals surface area contributed by atoms with Crippen LogP contribution in [0.1, 0.15) is 103 Å². The highest BCUT2D eigenvalue weighted by molar-refractivity contribution is 5.94. The third kappa shape index (κ3) is 5.71. The lowest BCUT2D eigenvalue weighted by atomic mass is 9.78. The van der Waals surface area contributed by atoms with Crippen LogP contribution in [0.25, 0.3) is 77.2 Å². The maximum Gasteiger partial charge on any atom is 0.0159 e. The second kappa shape index (κ2) is 12.4. The Morgan fingerprint density at radius 3 is 0.914 bits per heavy atom. The minimum absolute atomic E-state index is 0.0517. The van der Waals surface area contributed by atoms with E-state index in [-0.39, 0.29) is 21.7 Å². The van der Waals surface area contributed by atoms with E-state index in [4.69, 9.17) is 0 Å². The van der Waals surface area contributed by atoms with Crippen molar-refractivity contribution < 1.29 is 0 Å². The number of hydrogen-bond acceptors (Lipinski definition) is 0. The fourth-order valence-electron chi connectivity index (χ4n) is 9.98. The molecule has 8 aromatic carbocycles. The molecule has 0 saturated heterocycles.